The lowest BCUT2D eigenvalue weighted by atomic mass is 10.2. The summed E-state index contributed by atoms with van der Waals surface area (Å²) in [5.41, 5.74) is -0.866. The summed E-state index contributed by atoms with van der Waals surface area (Å²) < 4.78 is 11.1. The van der Waals surface area contributed by atoms with Gasteiger partial charge in [-0.15, -0.1) is 0 Å². The van der Waals surface area contributed by atoms with Crippen LogP contribution < -0.4 is 9.47 Å². The average Bonchev–Trinajstić information content (AvgIpc) is 2.48. The van der Waals surface area contributed by atoms with Crippen LogP contribution in [0.3, 0.4) is 0 Å². The molecule has 0 unspecified atom stereocenters. The van der Waals surface area contributed by atoms with Crippen molar-refractivity contribution in [1.82, 2.24) is 0 Å². The Morgan fingerprint density at radius 1 is 0.913 bits per heavy atom. The smallest absolute Gasteiger partial charge is 0.318 e. The molecule has 0 N–H and O–H groups in total. The Hall–Kier alpha value is -3.16. The van der Waals surface area contributed by atoms with Gasteiger partial charge in [0.25, 0.3) is 5.69 Å². The minimum atomic E-state index is -0.728. The molecule has 0 aliphatic heterocycles. The van der Waals surface area contributed by atoms with Gasteiger partial charge in [-0.2, -0.15) is 0 Å². The average molecular weight is 318 g/mol. The van der Waals surface area contributed by atoms with Crippen molar-refractivity contribution in [1.29, 1.82) is 0 Å². The minimum Gasteiger partial charge on any atom is -0.487 e. The van der Waals surface area contributed by atoms with Crippen molar-refractivity contribution in [3.8, 4) is 17.2 Å². The van der Waals surface area contributed by atoms with Crippen LogP contribution in [0, 0.1) is 20.2 Å². The van der Waals surface area contributed by atoms with Gasteiger partial charge in [0.1, 0.15) is 0 Å². The molecule has 23 heavy (non-hydrogen) atoms. The van der Waals surface area contributed by atoms with Crippen LogP contribution in [0.5, 0.6) is 17.2 Å². The fourth-order valence-electron chi connectivity index (χ4n) is 1.85. The molecule has 120 valence electrons. The predicted octanol–water partition coefficient (Wildman–Crippen LogP) is 4.08. The van der Waals surface area contributed by atoms with Crippen molar-refractivity contribution >= 4 is 11.4 Å². The van der Waals surface area contributed by atoms with Crippen LogP contribution in [0.25, 0.3) is 0 Å². The van der Waals surface area contributed by atoms with Gasteiger partial charge in [-0.3, -0.25) is 20.2 Å². The summed E-state index contributed by atoms with van der Waals surface area (Å²) in [6.45, 7) is 3.68. The topological polar surface area (TPSA) is 105 Å². The number of nitro groups is 2. The second-order valence-corrected chi connectivity index (χ2v) is 4.88. The van der Waals surface area contributed by atoms with E-state index >= 15 is 0 Å². The van der Waals surface area contributed by atoms with Gasteiger partial charge in [0.15, 0.2) is 11.5 Å². The highest BCUT2D eigenvalue weighted by atomic mass is 16.6. The molecular formula is C15H14N2O6. The summed E-state index contributed by atoms with van der Waals surface area (Å²) in [7, 11) is 0. The monoisotopic (exact) mass is 318 g/mol. The van der Waals surface area contributed by atoms with Crippen molar-refractivity contribution in [2.75, 3.05) is 0 Å². The maximum Gasteiger partial charge on any atom is 0.318 e. The maximum atomic E-state index is 11.1. The van der Waals surface area contributed by atoms with Gasteiger partial charge in [-0.1, -0.05) is 12.1 Å². The number of para-hydroxylation sites is 2. The second-order valence-electron chi connectivity index (χ2n) is 4.88. The molecule has 0 fully saturated rings. The summed E-state index contributed by atoms with van der Waals surface area (Å²) in [4.78, 5) is 20.4. The highest BCUT2D eigenvalue weighted by molar-refractivity contribution is 5.56. The van der Waals surface area contributed by atoms with Crippen molar-refractivity contribution in [3.63, 3.8) is 0 Å². The fourth-order valence-corrected chi connectivity index (χ4v) is 1.85. The molecule has 0 aromatic heterocycles. The number of nitrogens with zero attached hydrogens (tertiary/aromatic N) is 2. The molecule has 8 heteroatoms. The number of nitro benzene ring substituents is 2. The summed E-state index contributed by atoms with van der Waals surface area (Å²) in [5.74, 6) is 0.619. The zero-order chi connectivity index (χ0) is 17.0. The predicted molar refractivity (Wildman–Crippen MR) is 82.0 cm³/mol. The fraction of sp³-hybridized carbons (Fsp3) is 0.200. The minimum absolute atomic E-state index is 0.0968. The van der Waals surface area contributed by atoms with E-state index in [9.17, 15) is 20.2 Å². The van der Waals surface area contributed by atoms with Gasteiger partial charge in [0.05, 0.1) is 22.0 Å². The Kier molecular flexibility index (Phi) is 4.75. The van der Waals surface area contributed by atoms with Gasteiger partial charge < -0.3 is 9.47 Å². The van der Waals surface area contributed by atoms with E-state index in [1.807, 2.05) is 13.8 Å². The van der Waals surface area contributed by atoms with E-state index in [0.29, 0.717) is 5.75 Å². The third-order valence-corrected chi connectivity index (χ3v) is 2.78. The molecular weight excluding hydrogens is 304 g/mol. The molecule has 2 aromatic rings. The normalized spacial score (nSPS) is 10.4. The lowest BCUT2D eigenvalue weighted by Gasteiger charge is -2.14. The van der Waals surface area contributed by atoms with Gasteiger partial charge in [0.2, 0.25) is 5.75 Å². The Labute approximate surface area is 131 Å². The first-order valence-electron chi connectivity index (χ1n) is 6.75. The van der Waals surface area contributed by atoms with E-state index < -0.39 is 15.5 Å². The highest BCUT2D eigenvalue weighted by Gasteiger charge is 2.22. The molecule has 2 rings (SSSR count). The summed E-state index contributed by atoms with van der Waals surface area (Å²) in [6, 6.07) is 9.92. The lowest BCUT2D eigenvalue weighted by Crippen LogP contribution is -2.06. The zero-order valence-electron chi connectivity index (χ0n) is 12.5. The summed E-state index contributed by atoms with van der Waals surface area (Å²) in [5, 5.41) is 21.9. The number of benzene rings is 2. The van der Waals surface area contributed by atoms with E-state index in [0.717, 1.165) is 12.1 Å². The lowest BCUT2D eigenvalue weighted by molar-refractivity contribution is -0.394. The summed E-state index contributed by atoms with van der Waals surface area (Å²) in [6.07, 6.45) is -0.105. The molecule has 0 aliphatic rings. The highest BCUT2D eigenvalue weighted by Crippen LogP contribution is 2.38. The van der Waals surface area contributed by atoms with Crippen LogP contribution in [0.2, 0.25) is 0 Å². The van der Waals surface area contributed by atoms with Gasteiger partial charge >= 0.3 is 5.69 Å². The first kappa shape index (κ1) is 16.2. The van der Waals surface area contributed by atoms with Crippen LogP contribution in [0.1, 0.15) is 13.8 Å². The number of non-ortho nitro benzene ring substituents is 1. The Morgan fingerprint density at radius 2 is 1.57 bits per heavy atom. The summed E-state index contributed by atoms with van der Waals surface area (Å²) >= 11 is 0. The molecule has 0 aliphatic carbocycles. The molecule has 8 nitrogen and oxygen atoms in total. The molecule has 0 atom stereocenters. The van der Waals surface area contributed by atoms with Crippen molar-refractivity contribution < 1.29 is 19.3 Å². The second kappa shape index (κ2) is 6.73. The number of hydrogen-bond donors (Lipinski definition) is 0. The largest absolute Gasteiger partial charge is 0.487 e. The maximum absolute atomic E-state index is 11.1. The van der Waals surface area contributed by atoms with E-state index in [4.69, 9.17) is 9.47 Å². The van der Waals surface area contributed by atoms with Gasteiger partial charge in [-0.25, -0.2) is 0 Å². The molecule has 0 spiro atoms. The molecule has 0 radical (unpaired) electrons. The quantitative estimate of drug-likeness (QED) is 0.587. The number of ether oxygens (including phenoxy) is 2. The van der Waals surface area contributed by atoms with Crippen molar-refractivity contribution in [2.45, 2.75) is 20.0 Å². The van der Waals surface area contributed by atoms with Gasteiger partial charge in [0, 0.05) is 6.07 Å². The van der Waals surface area contributed by atoms with Crippen LogP contribution in [-0.4, -0.2) is 16.0 Å². The van der Waals surface area contributed by atoms with Crippen LogP contribution in [-0.2, 0) is 0 Å². The molecule has 0 bridgehead atoms. The number of hydrogen-bond acceptors (Lipinski definition) is 6. The Balaban J connectivity index is 2.41. The van der Waals surface area contributed by atoms with Crippen molar-refractivity contribution in [3.05, 3.63) is 62.7 Å². The van der Waals surface area contributed by atoms with Gasteiger partial charge in [-0.05, 0) is 32.0 Å². The van der Waals surface area contributed by atoms with E-state index in [2.05, 4.69) is 0 Å². The SMILES string of the molecule is CC(C)Oc1ccccc1Oc1ccc([N+](=O)[O-])cc1[N+](=O)[O-]. The van der Waals surface area contributed by atoms with Crippen LogP contribution in [0.15, 0.2) is 42.5 Å². The molecule has 0 heterocycles. The Bertz CT molecular complexity index is 744. The molecule has 0 saturated heterocycles. The molecule has 2 aromatic carbocycles. The molecule has 0 saturated carbocycles. The van der Waals surface area contributed by atoms with E-state index in [1.165, 1.54) is 6.07 Å². The Morgan fingerprint density at radius 3 is 2.13 bits per heavy atom. The standard InChI is InChI=1S/C15H14N2O6/c1-10(2)22-14-5-3-4-6-15(14)23-13-8-7-11(16(18)19)9-12(13)17(20)21/h3-10H,1-2H3. The van der Waals surface area contributed by atoms with Crippen LogP contribution >= 0.6 is 0 Å². The third kappa shape index (κ3) is 3.94. The van der Waals surface area contributed by atoms with Crippen molar-refractivity contribution in [2.24, 2.45) is 0 Å². The number of rotatable bonds is 6. The zero-order valence-corrected chi connectivity index (χ0v) is 12.5. The van der Waals surface area contributed by atoms with E-state index in [1.54, 1.807) is 24.3 Å². The first-order chi connectivity index (χ1) is 10.9. The molecule has 0 amide bonds. The van der Waals surface area contributed by atoms with E-state index in [-0.39, 0.29) is 23.3 Å². The van der Waals surface area contributed by atoms with Crippen LogP contribution in [0.4, 0.5) is 11.4 Å². The first-order valence-corrected chi connectivity index (χ1v) is 6.75. The third-order valence-electron chi connectivity index (χ3n) is 2.78.